The molecule has 0 heterocycles. The highest BCUT2D eigenvalue weighted by molar-refractivity contribution is 5.72. The molecule has 2 amide bonds. The number of hydrogen-bond acceptors (Lipinski definition) is 2. The van der Waals surface area contributed by atoms with Gasteiger partial charge in [0, 0.05) is 13.1 Å². The quantitative estimate of drug-likeness (QED) is 0.611. The first-order valence-electron chi connectivity index (χ1n) is 4.66. The summed E-state index contributed by atoms with van der Waals surface area (Å²) >= 11 is 0. The topological polar surface area (TPSA) is 52.6 Å². The van der Waals surface area contributed by atoms with E-state index in [0.29, 0.717) is 5.06 Å². The molecule has 1 rings (SSSR count). The Kier molecular flexibility index (Phi) is 4.19. The van der Waals surface area contributed by atoms with Gasteiger partial charge in [0.15, 0.2) is 0 Å². The van der Waals surface area contributed by atoms with Gasteiger partial charge in [-0.1, -0.05) is 6.07 Å². The van der Waals surface area contributed by atoms with Crippen LogP contribution in [0.2, 0.25) is 0 Å². The molecule has 6 heteroatoms. The number of nitrogens with one attached hydrogen (secondary N) is 1. The lowest BCUT2D eigenvalue weighted by atomic mass is 10.1. The number of carbonyl (C=O) groups excluding carboxylic acids is 1. The van der Waals surface area contributed by atoms with Crippen LogP contribution < -0.4 is 5.32 Å². The average Bonchev–Trinajstić information content (AvgIpc) is 2.26. The van der Waals surface area contributed by atoms with Crippen LogP contribution in [-0.4, -0.2) is 29.9 Å². The van der Waals surface area contributed by atoms with Crippen LogP contribution in [0.3, 0.4) is 0 Å². The SMILES string of the molecule is CNC(=O)N(O)CCc1ccc(F)cc1F. The molecular formula is C10H12F2N2O2. The van der Waals surface area contributed by atoms with Crippen LogP contribution >= 0.6 is 0 Å². The molecule has 0 spiro atoms. The Bertz CT molecular complexity index is 385. The van der Waals surface area contributed by atoms with Gasteiger partial charge < -0.3 is 5.32 Å². The van der Waals surface area contributed by atoms with Gasteiger partial charge in [-0.2, -0.15) is 0 Å². The van der Waals surface area contributed by atoms with Gasteiger partial charge in [0.1, 0.15) is 11.6 Å². The molecule has 0 bridgehead atoms. The van der Waals surface area contributed by atoms with E-state index >= 15 is 0 Å². The zero-order valence-corrected chi connectivity index (χ0v) is 8.70. The van der Waals surface area contributed by atoms with E-state index in [-0.39, 0.29) is 18.5 Å². The molecule has 0 aliphatic rings. The summed E-state index contributed by atoms with van der Waals surface area (Å²) in [6.45, 7) is -0.0672. The third-order valence-corrected chi connectivity index (χ3v) is 2.06. The second kappa shape index (κ2) is 5.41. The lowest BCUT2D eigenvalue weighted by Crippen LogP contribution is -2.36. The van der Waals surface area contributed by atoms with E-state index < -0.39 is 17.7 Å². The third-order valence-electron chi connectivity index (χ3n) is 2.06. The highest BCUT2D eigenvalue weighted by Crippen LogP contribution is 2.10. The summed E-state index contributed by atoms with van der Waals surface area (Å²) in [6.07, 6.45) is 0.107. The number of hydrogen-bond donors (Lipinski definition) is 2. The van der Waals surface area contributed by atoms with Crippen molar-refractivity contribution in [1.82, 2.24) is 10.4 Å². The maximum absolute atomic E-state index is 13.1. The van der Waals surface area contributed by atoms with Crippen LogP contribution in [0.4, 0.5) is 13.6 Å². The fraction of sp³-hybridized carbons (Fsp3) is 0.300. The summed E-state index contributed by atoms with van der Waals surface area (Å²) in [5.74, 6) is -1.35. The molecule has 2 N–H and O–H groups in total. The van der Waals surface area contributed by atoms with Gasteiger partial charge in [0.25, 0.3) is 0 Å². The molecule has 0 radical (unpaired) electrons. The lowest BCUT2D eigenvalue weighted by molar-refractivity contribution is -0.0414. The van der Waals surface area contributed by atoms with Gasteiger partial charge in [-0.15, -0.1) is 0 Å². The zero-order chi connectivity index (χ0) is 12.1. The minimum atomic E-state index is -0.690. The smallest absolute Gasteiger partial charge is 0.339 e. The van der Waals surface area contributed by atoms with E-state index in [1.165, 1.54) is 13.1 Å². The Morgan fingerprint density at radius 1 is 1.50 bits per heavy atom. The number of hydroxylamine groups is 2. The van der Waals surface area contributed by atoms with Gasteiger partial charge in [-0.3, -0.25) is 5.21 Å². The van der Waals surface area contributed by atoms with Crippen molar-refractivity contribution < 1.29 is 18.8 Å². The van der Waals surface area contributed by atoms with Gasteiger partial charge in [-0.25, -0.2) is 18.6 Å². The molecule has 1 aromatic carbocycles. The van der Waals surface area contributed by atoms with E-state index in [9.17, 15) is 13.6 Å². The van der Waals surface area contributed by atoms with Crippen molar-refractivity contribution in [2.24, 2.45) is 0 Å². The first-order chi connectivity index (χ1) is 7.54. The number of halogens is 2. The maximum atomic E-state index is 13.1. The molecule has 4 nitrogen and oxygen atoms in total. The van der Waals surface area contributed by atoms with E-state index in [1.54, 1.807) is 0 Å². The summed E-state index contributed by atoms with van der Waals surface area (Å²) in [7, 11) is 1.37. The van der Waals surface area contributed by atoms with Gasteiger partial charge >= 0.3 is 6.03 Å². The lowest BCUT2D eigenvalue weighted by Gasteiger charge is -2.14. The number of amides is 2. The Hall–Kier alpha value is -1.69. The maximum Gasteiger partial charge on any atom is 0.340 e. The molecule has 0 saturated heterocycles. The van der Waals surface area contributed by atoms with Gasteiger partial charge in [-0.05, 0) is 18.1 Å². The highest BCUT2D eigenvalue weighted by Gasteiger charge is 2.10. The van der Waals surface area contributed by atoms with E-state index in [0.717, 1.165) is 12.1 Å². The molecule has 0 aromatic heterocycles. The molecule has 0 unspecified atom stereocenters. The van der Waals surface area contributed by atoms with Crippen LogP contribution in [0.25, 0.3) is 0 Å². The molecular weight excluding hydrogens is 218 g/mol. The van der Waals surface area contributed by atoms with E-state index in [4.69, 9.17) is 5.21 Å². The Balaban J connectivity index is 2.58. The second-order valence-corrected chi connectivity index (χ2v) is 3.16. The monoisotopic (exact) mass is 230 g/mol. The number of urea groups is 1. The summed E-state index contributed by atoms with van der Waals surface area (Å²) in [4.78, 5) is 10.9. The number of carbonyl (C=O) groups is 1. The Morgan fingerprint density at radius 2 is 2.19 bits per heavy atom. The van der Waals surface area contributed by atoms with Crippen molar-refractivity contribution in [3.05, 3.63) is 35.4 Å². The van der Waals surface area contributed by atoms with Crippen LogP contribution in [0.5, 0.6) is 0 Å². The molecule has 0 aliphatic carbocycles. The van der Waals surface area contributed by atoms with E-state index in [2.05, 4.69) is 5.32 Å². The second-order valence-electron chi connectivity index (χ2n) is 3.16. The highest BCUT2D eigenvalue weighted by atomic mass is 19.1. The predicted octanol–water partition coefficient (Wildman–Crippen LogP) is 1.54. The van der Waals surface area contributed by atoms with Gasteiger partial charge in [0.05, 0.1) is 6.54 Å². The largest absolute Gasteiger partial charge is 0.340 e. The minimum absolute atomic E-state index is 0.0672. The standard InChI is InChI=1S/C10H12F2N2O2/c1-13-10(15)14(16)5-4-7-2-3-8(11)6-9(7)12/h2-3,6,16H,4-5H2,1H3,(H,13,15). The summed E-state index contributed by atoms with van der Waals surface area (Å²) in [5, 5.41) is 11.8. The Labute approximate surface area is 91.4 Å². The van der Waals surface area contributed by atoms with Crippen molar-refractivity contribution in [3.8, 4) is 0 Å². The van der Waals surface area contributed by atoms with Crippen molar-refractivity contribution in [3.63, 3.8) is 0 Å². The molecule has 0 atom stereocenters. The van der Waals surface area contributed by atoms with Crippen molar-refractivity contribution in [2.75, 3.05) is 13.6 Å². The van der Waals surface area contributed by atoms with E-state index in [1.807, 2.05) is 0 Å². The molecule has 0 saturated carbocycles. The first-order valence-corrected chi connectivity index (χ1v) is 4.66. The fourth-order valence-electron chi connectivity index (χ4n) is 1.18. The normalized spacial score (nSPS) is 10.0. The van der Waals surface area contributed by atoms with Crippen LogP contribution in [0.1, 0.15) is 5.56 Å². The zero-order valence-electron chi connectivity index (χ0n) is 8.70. The van der Waals surface area contributed by atoms with Gasteiger partial charge in [0.2, 0.25) is 0 Å². The molecule has 16 heavy (non-hydrogen) atoms. The van der Waals surface area contributed by atoms with Crippen LogP contribution in [0.15, 0.2) is 18.2 Å². The molecule has 0 aliphatic heterocycles. The van der Waals surface area contributed by atoms with Crippen molar-refractivity contribution in [2.45, 2.75) is 6.42 Å². The Morgan fingerprint density at radius 3 is 2.75 bits per heavy atom. The number of benzene rings is 1. The van der Waals surface area contributed by atoms with Crippen molar-refractivity contribution >= 4 is 6.03 Å². The summed E-state index contributed by atoms with van der Waals surface area (Å²) < 4.78 is 25.7. The predicted molar refractivity (Wildman–Crippen MR) is 53.0 cm³/mol. The minimum Gasteiger partial charge on any atom is -0.339 e. The summed E-state index contributed by atoms with van der Waals surface area (Å²) in [6, 6.07) is 2.49. The fourth-order valence-corrected chi connectivity index (χ4v) is 1.18. The average molecular weight is 230 g/mol. The number of rotatable bonds is 3. The summed E-state index contributed by atoms with van der Waals surface area (Å²) in [5.41, 5.74) is 0.240. The van der Waals surface area contributed by atoms with Crippen LogP contribution in [-0.2, 0) is 6.42 Å². The molecule has 0 fully saturated rings. The molecule has 88 valence electrons. The third kappa shape index (κ3) is 3.16. The van der Waals surface area contributed by atoms with Crippen LogP contribution in [0, 0.1) is 11.6 Å². The van der Waals surface area contributed by atoms with Crippen molar-refractivity contribution in [1.29, 1.82) is 0 Å². The molecule has 1 aromatic rings. The first kappa shape index (κ1) is 12.4. The number of nitrogens with zero attached hydrogens (tertiary/aromatic N) is 1.